The van der Waals surface area contributed by atoms with Crippen LogP contribution >= 0.6 is 0 Å². The normalized spacial score (nSPS) is 10.9. The second-order valence-corrected chi connectivity index (χ2v) is 7.23. The predicted molar refractivity (Wildman–Crippen MR) is 71.0 cm³/mol. The van der Waals surface area contributed by atoms with Crippen molar-refractivity contribution in [1.29, 1.82) is 0 Å². The lowest BCUT2D eigenvalue weighted by molar-refractivity contribution is 0.100. The summed E-state index contributed by atoms with van der Waals surface area (Å²) < 4.78 is 0. The minimum absolute atomic E-state index is 0.359. The summed E-state index contributed by atoms with van der Waals surface area (Å²) in [5.41, 5.74) is 5.90. The number of carbonyl (C=O) groups excluding carboxylic acids is 1. The highest BCUT2D eigenvalue weighted by molar-refractivity contribution is 6.73. The third kappa shape index (κ3) is 1.86. The molecular weight excluding hydrogens is 214 g/mol. The molecule has 2 nitrogen and oxygen atoms in total. The van der Waals surface area contributed by atoms with E-state index < -0.39 is 8.80 Å². The lowest BCUT2D eigenvalue weighted by atomic mass is 10.1. The Morgan fingerprint density at radius 2 is 1.94 bits per heavy atom. The Balaban J connectivity index is 2.73. The Morgan fingerprint density at radius 3 is 2.56 bits per heavy atom. The molecule has 2 N–H and O–H groups in total. The molecule has 0 aliphatic heterocycles. The fourth-order valence-corrected chi connectivity index (χ4v) is 3.32. The molecule has 2 rings (SSSR count). The molecule has 0 bridgehead atoms. The highest BCUT2D eigenvalue weighted by atomic mass is 28.3. The quantitative estimate of drug-likeness (QED) is 0.782. The number of benzene rings is 2. The molecule has 0 saturated carbocycles. The fraction of sp³-hybridized carbons (Fsp3) is 0.154. The van der Waals surface area contributed by atoms with Crippen LogP contribution in [0.2, 0.25) is 13.1 Å². The van der Waals surface area contributed by atoms with Crippen molar-refractivity contribution in [3.05, 3.63) is 42.0 Å². The lowest BCUT2D eigenvalue weighted by Crippen LogP contribution is -2.23. The summed E-state index contributed by atoms with van der Waals surface area (Å²) in [6.07, 6.45) is 0. The van der Waals surface area contributed by atoms with E-state index >= 15 is 0 Å². The predicted octanol–water partition coefficient (Wildman–Crippen LogP) is 1.63. The summed E-state index contributed by atoms with van der Waals surface area (Å²) in [6.45, 7) is 4.57. The highest BCUT2D eigenvalue weighted by Crippen LogP contribution is 2.14. The average molecular weight is 229 g/mol. The van der Waals surface area contributed by atoms with Crippen LogP contribution in [-0.4, -0.2) is 14.7 Å². The van der Waals surface area contributed by atoms with Gasteiger partial charge in [-0.25, -0.2) is 0 Å². The van der Waals surface area contributed by atoms with Crippen molar-refractivity contribution in [2.75, 3.05) is 0 Å². The Hall–Kier alpha value is -1.61. The van der Waals surface area contributed by atoms with Gasteiger partial charge in [-0.05, 0) is 22.9 Å². The molecule has 16 heavy (non-hydrogen) atoms. The molecule has 0 heterocycles. The van der Waals surface area contributed by atoms with E-state index in [1.165, 1.54) is 16.0 Å². The van der Waals surface area contributed by atoms with E-state index in [2.05, 4.69) is 31.3 Å². The van der Waals surface area contributed by atoms with Crippen molar-refractivity contribution >= 4 is 30.7 Å². The molecule has 0 aromatic heterocycles. The van der Waals surface area contributed by atoms with Crippen LogP contribution in [0, 0.1) is 0 Å². The van der Waals surface area contributed by atoms with Gasteiger partial charge in [0.25, 0.3) is 0 Å². The van der Waals surface area contributed by atoms with Crippen molar-refractivity contribution < 1.29 is 4.79 Å². The molecule has 0 spiro atoms. The third-order valence-corrected chi connectivity index (χ3v) is 4.57. The molecule has 0 aliphatic carbocycles. The van der Waals surface area contributed by atoms with Crippen LogP contribution in [0.3, 0.4) is 0 Å². The first kappa shape index (κ1) is 10.9. The number of nitrogens with two attached hydrogens (primary N) is 1. The van der Waals surface area contributed by atoms with E-state index in [0.717, 1.165) is 0 Å². The van der Waals surface area contributed by atoms with Gasteiger partial charge in [0.15, 0.2) is 0 Å². The smallest absolute Gasteiger partial charge is 0.248 e. The van der Waals surface area contributed by atoms with Crippen LogP contribution in [0.1, 0.15) is 10.4 Å². The van der Waals surface area contributed by atoms with Gasteiger partial charge < -0.3 is 5.73 Å². The Kier molecular flexibility index (Phi) is 2.79. The van der Waals surface area contributed by atoms with Crippen LogP contribution in [0.5, 0.6) is 0 Å². The van der Waals surface area contributed by atoms with Crippen LogP contribution < -0.4 is 10.9 Å². The molecule has 2 aromatic carbocycles. The Morgan fingerprint density at radius 1 is 1.19 bits per heavy atom. The number of fused-ring (bicyclic) bond motifs is 1. The molecule has 3 heteroatoms. The second kappa shape index (κ2) is 4.10. The minimum atomic E-state index is -0.883. The first-order valence-electron chi connectivity index (χ1n) is 5.42. The molecule has 0 radical (unpaired) electrons. The van der Waals surface area contributed by atoms with E-state index in [1.54, 1.807) is 6.07 Å². The molecule has 2 aromatic rings. The molecular formula is C13H15NOSi. The minimum Gasteiger partial charge on any atom is -0.366 e. The van der Waals surface area contributed by atoms with Gasteiger partial charge in [-0.15, -0.1) is 0 Å². The van der Waals surface area contributed by atoms with E-state index in [-0.39, 0.29) is 5.91 Å². The standard InChI is InChI=1S/C13H15NOSi/c1-16(2)12-5-3-4-9-6-7-10(13(14)15)8-11(9)12/h3-8,16H,1-2H3,(H2,14,15). The highest BCUT2D eigenvalue weighted by Gasteiger charge is 2.08. The maximum atomic E-state index is 11.2. The van der Waals surface area contributed by atoms with Gasteiger partial charge in [0.1, 0.15) is 0 Å². The van der Waals surface area contributed by atoms with Gasteiger partial charge in [-0.3, -0.25) is 4.79 Å². The topological polar surface area (TPSA) is 43.1 Å². The lowest BCUT2D eigenvalue weighted by Gasteiger charge is -2.09. The van der Waals surface area contributed by atoms with Crippen molar-refractivity contribution in [3.63, 3.8) is 0 Å². The monoisotopic (exact) mass is 229 g/mol. The Bertz CT molecular complexity index is 549. The second-order valence-electron chi connectivity index (χ2n) is 4.30. The van der Waals surface area contributed by atoms with E-state index in [1.807, 2.05) is 12.1 Å². The van der Waals surface area contributed by atoms with Crippen molar-refractivity contribution in [2.24, 2.45) is 5.73 Å². The molecule has 0 atom stereocenters. The molecule has 82 valence electrons. The average Bonchev–Trinajstić information content (AvgIpc) is 2.27. The summed E-state index contributed by atoms with van der Waals surface area (Å²) >= 11 is 0. The summed E-state index contributed by atoms with van der Waals surface area (Å²) in [5, 5.41) is 3.75. The zero-order valence-corrected chi connectivity index (χ0v) is 10.7. The molecule has 0 unspecified atom stereocenters. The fourth-order valence-electron chi connectivity index (χ4n) is 1.95. The third-order valence-electron chi connectivity index (χ3n) is 2.82. The zero-order chi connectivity index (χ0) is 11.7. The van der Waals surface area contributed by atoms with E-state index in [9.17, 15) is 4.79 Å². The van der Waals surface area contributed by atoms with Gasteiger partial charge in [-0.2, -0.15) is 0 Å². The van der Waals surface area contributed by atoms with Crippen LogP contribution in [-0.2, 0) is 0 Å². The summed E-state index contributed by atoms with van der Waals surface area (Å²) in [7, 11) is -0.883. The molecule has 0 saturated heterocycles. The van der Waals surface area contributed by atoms with E-state index in [0.29, 0.717) is 5.56 Å². The van der Waals surface area contributed by atoms with Crippen LogP contribution in [0.4, 0.5) is 0 Å². The van der Waals surface area contributed by atoms with E-state index in [4.69, 9.17) is 5.73 Å². The summed E-state index contributed by atoms with van der Waals surface area (Å²) in [5.74, 6) is -0.359. The number of primary amides is 1. The zero-order valence-electron chi connectivity index (χ0n) is 9.53. The van der Waals surface area contributed by atoms with Gasteiger partial charge in [0.2, 0.25) is 5.91 Å². The number of rotatable bonds is 2. The van der Waals surface area contributed by atoms with Gasteiger partial charge in [-0.1, -0.05) is 42.5 Å². The molecule has 1 amide bonds. The molecule has 0 aliphatic rings. The maximum Gasteiger partial charge on any atom is 0.248 e. The van der Waals surface area contributed by atoms with Crippen LogP contribution in [0.25, 0.3) is 10.8 Å². The number of carbonyl (C=O) groups is 1. The van der Waals surface area contributed by atoms with Crippen molar-refractivity contribution in [3.8, 4) is 0 Å². The number of amides is 1. The largest absolute Gasteiger partial charge is 0.366 e. The number of hydrogen-bond acceptors (Lipinski definition) is 1. The summed E-state index contributed by atoms with van der Waals surface area (Å²) in [6, 6.07) is 12.0. The number of hydrogen-bond donors (Lipinski definition) is 1. The van der Waals surface area contributed by atoms with Crippen molar-refractivity contribution in [2.45, 2.75) is 13.1 Å². The van der Waals surface area contributed by atoms with Gasteiger partial charge in [0.05, 0.1) is 8.80 Å². The van der Waals surface area contributed by atoms with Crippen LogP contribution in [0.15, 0.2) is 36.4 Å². The van der Waals surface area contributed by atoms with Crippen molar-refractivity contribution in [1.82, 2.24) is 0 Å². The maximum absolute atomic E-state index is 11.2. The van der Waals surface area contributed by atoms with Gasteiger partial charge in [0, 0.05) is 5.56 Å². The molecule has 0 fully saturated rings. The first-order chi connectivity index (χ1) is 7.59. The summed E-state index contributed by atoms with van der Waals surface area (Å²) in [4.78, 5) is 11.2. The first-order valence-corrected chi connectivity index (χ1v) is 8.30. The van der Waals surface area contributed by atoms with Gasteiger partial charge >= 0.3 is 0 Å². The SMILES string of the molecule is C[SiH](C)c1cccc2ccc(C(N)=O)cc12. The Labute approximate surface area is 96.7 Å².